The van der Waals surface area contributed by atoms with E-state index in [1.165, 1.54) is 22.3 Å². The fourth-order valence-corrected chi connectivity index (χ4v) is 7.79. The molecular weight excluding hydrogens is 695 g/mol. The minimum atomic E-state index is -0.0343. The first-order valence-corrected chi connectivity index (χ1v) is 20.3. The third-order valence-corrected chi connectivity index (χ3v) is 11.4. The number of H-pyrrole nitrogens is 3. The molecule has 57 heavy (non-hydrogen) atoms. The monoisotopic (exact) mass is 751 g/mol. The van der Waals surface area contributed by atoms with Crippen LogP contribution in [0.3, 0.4) is 0 Å². The van der Waals surface area contributed by atoms with Crippen molar-refractivity contribution < 1.29 is 0 Å². The van der Waals surface area contributed by atoms with E-state index in [2.05, 4.69) is 201 Å². The van der Waals surface area contributed by atoms with Crippen molar-refractivity contribution in [2.75, 3.05) is 0 Å². The highest BCUT2D eigenvalue weighted by Gasteiger charge is 2.25. The molecule has 3 N–H and O–H groups in total. The molecule has 2 aliphatic rings. The molecule has 5 nitrogen and oxygen atoms in total. The van der Waals surface area contributed by atoms with E-state index >= 15 is 0 Å². The minimum Gasteiger partial charge on any atom is -0.361 e. The van der Waals surface area contributed by atoms with Gasteiger partial charge in [-0.05, 0) is 122 Å². The van der Waals surface area contributed by atoms with Crippen molar-refractivity contribution in [2.24, 2.45) is 0 Å². The zero-order valence-electron chi connectivity index (χ0n) is 35.8. The average Bonchev–Trinajstić information content (AvgIpc) is 3.97. The Morgan fingerprint density at radius 2 is 0.860 bits per heavy atom. The van der Waals surface area contributed by atoms with Crippen molar-refractivity contribution in [3.8, 4) is 33.5 Å². The first-order chi connectivity index (χ1) is 26.7. The van der Waals surface area contributed by atoms with Crippen molar-refractivity contribution >= 4 is 46.4 Å². The summed E-state index contributed by atoms with van der Waals surface area (Å²) < 4.78 is 0. The van der Waals surface area contributed by atoms with Crippen LogP contribution in [-0.4, -0.2) is 24.9 Å². The van der Waals surface area contributed by atoms with Crippen LogP contribution in [0.25, 0.3) is 79.9 Å². The highest BCUT2D eigenvalue weighted by Crippen LogP contribution is 2.41. The van der Waals surface area contributed by atoms with Gasteiger partial charge in [0.15, 0.2) is 0 Å². The summed E-state index contributed by atoms with van der Waals surface area (Å²) in [4.78, 5) is 22.0. The predicted octanol–water partition coefficient (Wildman–Crippen LogP) is 14.2. The molecular formula is C52H57N5. The van der Waals surface area contributed by atoms with Crippen LogP contribution in [0.1, 0.15) is 128 Å². The van der Waals surface area contributed by atoms with Crippen LogP contribution in [-0.2, 0) is 21.7 Å². The van der Waals surface area contributed by atoms with Crippen LogP contribution in [0, 0.1) is 0 Å². The Bertz CT molecular complexity index is 2610. The van der Waals surface area contributed by atoms with Crippen LogP contribution in [0.15, 0.2) is 85.1 Å². The standard InChI is InChI=1S/C52H57N5/c1-49(2,3)33-24-31(25-34(28-33)50(4,5)6)46-40-17-15-37(54-40)30-38-16-18-41(55-38)47(32-26-35(51(7,8)9)29-36(27-32)52(10,11)12)43-20-22-45(57-43)48(39-14-13-23-53-39)44-21-19-42(46)56-44/h13-30,53-54,57H,1-12H3. The second kappa shape index (κ2) is 13.5. The second-order valence-corrected chi connectivity index (χ2v) is 20.0. The van der Waals surface area contributed by atoms with Crippen molar-refractivity contribution in [3.05, 3.63) is 130 Å². The molecule has 0 saturated carbocycles. The predicted molar refractivity (Wildman–Crippen MR) is 244 cm³/mol. The quantitative estimate of drug-likeness (QED) is 0.168. The summed E-state index contributed by atoms with van der Waals surface area (Å²) in [5.41, 5.74) is 19.1. The summed E-state index contributed by atoms with van der Waals surface area (Å²) in [6, 6.07) is 29.3. The van der Waals surface area contributed by atoms with Gasteiger partial charge in [-0.3, -0.25) is 0 Å². The van der Waals surface area contributed by atoms with E-state index in [4.69, 9.17) is 9.97 Å². The Hall–Kier alpha value is -5.68. The Morgan fingerprint density at radius 3 is 1.35 bits per heavy atom. The van der Waals surface area contributed by atoms with Crippen LogP contribution in [0.4, 0.5) is 0 Å². The van der Waals surface area contributed by atoms with Crippen molar-refractivity contribution in [3.63, 3.8) is 0 Å². The largest absolute Gasteiger partial charge is 0.361 e. The lowest BCUT2D eigenvalue weighted by Crippen LogP contribution is -2.16. The molecule has 6 aromatic rings. The van der Waals surface area contributed by atoms with Gasteiger partial charge in [-0.2, -0.15) is 0 Å². The zero-order chi connectivity index (χ0) is 40.7. The highest BCUT2D eigenvalue weighted by atomic mass is 14.8. The zero-order valence-corrected chi connectivity index (χ0v) is 35.8. The fourth-order valence-electron chi connectivity index (χ4n) is 7.79. The molecule has 290 valence electrons. The van der Waals surface area contributed by atoms with Gasteiger partial charge in [0.25, 0.3) is 0 Å². The highest BCUT2D eigenvalue weighted by molar-refractivity contribution is 5.97. The molecule has 0 unspecified atom stereocenters. The van der Waals surface area contributed by atoms with Gasteiger partial charge in [0, 0.05) is 45.1 Å². The van der Waals surface area contributed by atoms with Crippen LogP contribution >= 0.6 is 0 Å². The summed E-state index contributed by atoms with van der Waals surface area (Å²) in [6.45, 7) is 27.5. The van der Waals surface area contributed by atoms with Crippen LogP contribution < -0.4 is 0 Å². The van der Waals surface area contributed by atoms with E-state index in [0.29, 0.717) is 0 Å². The maximum Gasteiger partial charge on any atom is 0.0752 e. The Labute approximate surface area is 338 Å². The number of nitrogens with one attached hydrogen (secondary N) is 3. The van der Waals surface area contributed by atoms with Crippen molar-refractivity contribution in [1.82, 2.24) is 24.9 Å². The summed E-state index contributed by atoms with van der Waals surface area (Å²) in [5, 5.41) is 0. The third kappa shape index (κ3) is 7.48. The lowest BCUT2D eigenvalue weighted by Gasteiger charge is -2.26. The lowest BCUT2D eigenvalue weighted by molar-refractivity contribution is 0.568. The van der Waals surface area contributed by atoms with Crippen molar-refractivity contribution in [2.45, 2.75) is 105 Å². The molecule has 0 aliphatic carbocycles. The third-order valence-electron chi connectivity index (χ3n) is 11.4. The molecule has 6 heterocycles. The van der Waals surface area contributed by atoms with Gasteiger partial charge in [-0.25, -0.2) is 9.97 Å². The number of benzene rings is 2. The SMILES string of the molecule is CC(C)(C)c1cc(-c2c3nc(c(-c4ccc[nH]4)c4ccc([nH]4)c(-c4cc(C(C)(C)C)cc(C(C)(C)C)c4)c4nc(cc5ccc2[nH]5)C=C4)C=C3)cc(C(C)(C)C)c1. The number of aromatic nitrogens is 5. The summed E-state index contributed by atoms with van der Waals surface area (Å²) >= 11 is 0. The number of aromatic amines is 3. The van der Waals surface area contributed by atoms with E-state index in [0.717, 1.165) is 78.4 Å². The second-order valence-electron chi connectivity index (χ2n) is 20.0. The normalized spacial score (nSPS) is 13.5. The maximum absolute atomic E-state index is 5.49. The molecule has 2 aromatic carbocycles. The topological polar surface area (TPSA) is 73.2 Å². The average molecular weight is 752 g/mol. The van der Waals surface area contributed by atoms with E-state index in [1.54, 1.807) is 0 Å². The fraction of sp³-hybridized carbons (Fsp3) is 0.308. The number of rotatable bonds is 3. The van der Waals surface area contributed by atoms with Crippen LogP contribution in [0.5, 0.6) is 0 Å². The smallest absolute Gasteiger partial charge is 0.0752 e. The molecule has 0 saturated heterocycles. The van der Waals surface area contributed by atoms with Gasteiger partial charge in [-0.15, -0.1) is 0 Å². The molecule has 0 amide bonds. The van der Waals surface area contributed by atoms with Gasteiger partial charge >= 0.3 is 0 Å². The summed E-state index contributed by atoms with van der Waals surface area (Å²) in [5.74, 6) is 0. The molecule has 0 spiro atoms. The molecule has 2 aliphatic heterocycles. The maximum atomic E-state index is 5.49. The Balaban J connectivity index is 1.50. The number of hydrogen-bond donors (Lipinski definition) is 3. The van der Waals surface area contributed by atoms with Gasteiger partial charge in [0.1, 0.15) is 0 Å². The minimum absolute atomic E-state index is 0.0343. The van der Waals surface area contributed by atoms with E-state index in [9.17, 15) is 0 Å². The first kappa shape index (κ1) is 38.2. The number of hydrogen-bond acceptors (Lipinski definition) is 2. The van der Waals surface area contributed by atoms with Crippen LogP contribution in [0.2, 0.25) is 0 Å². The lowest BCUT2D eigenvalue weighted by atomic mass is 9.78. The van der Waals surface area contributed by atoms with Crippen molar-refractivity contribution in [1.29, 1.82) is 0 Å². The molecule has 8 bridgehead atoms. The van der Waals surface area contributed by atoms with Gasteiger partial charge in [0.05, 0.1) is 28.3 Å². The first-order valence-electron chi connectivity index (χ1n) is 20.3. The number of fused-ring (bicyclic) bond motifs is 8. The van der Waals surface area contributed by atoms with Gasteiger partial charge in [-0.1, -0.05) is 119 Å². The Morgan fingerprint density at radius 1 is 0.421 bits per heavy atom. The molecule has 0 fully saturated rings. The summed E-state index contributed by atoms with van der Waals surface area (Å²) in [7, 11) is 0. The number of nitrogens with zero attached hydrogens (tertiary/aromatic N) is 2. The molecule has 8 rings (SSSR count). The van der Waals surface area contributed by atoms with E-state index < -0.39 is 0 Å². The van der Waals surface area contributed by atoms with Gasteiger partial charge < -0.3 is 15.0 Å². The van der Waals surface area contributed by atoms with Gasteiger partial charge in [0.2, 0.25) is 0 Å². The van der Waals surface area contributed by atoms with E-state index in [-0.39, 0.29) is 21.7 Å². The molecule has 0 radical (unpaired) electrons. The molecule has 0 atom stereocenters. The summed E-state index contributed by atoms with van der Waals surface area (Å²) in [6.07, 6.45) is 10.6. The molecule has 5 heteroatoms. The molecule has 4 aromatic heterocycles. The van der Waals surface area contributed by atoms with E-state index in [1.807, 2.05) is 6.20 Å². The Kier molecular flexibility index (Phi) is 9.03.